The fourth-order valence-corrected chi connectivity index (χ4v) is 3.55. The number of phenols is 1. The van der Waals surface area contributed by atoms with Gasteiger partial charge in [0.15, 0.2) is 11.5 Å². The Labute approximate surface area is 159 Å². The Balaban J connectivity index is 1.88. The quantitative estimate of drug-likeness (QED) is 0.707. The summed E-state index contributed by atoms with van der Waals surface area (Å²) in [6.07, 6.45) is 2.57. The van der Waals surface area contributed by atoms with Crippen LogP contribution in [0.2, 0.25) is 10.0 Å². The van der Waals surface area contributed by atoms with Crippen molar-refractivity contribution < 1.29 is 9.84 Å². The summed E-state index contributed by atoms with van der Waals surface area (Å²) >= 11 is 12.1. The molecule has 1 aromatic heterocycles. The van der Waals surface area contributed by atoms with Crippen LogP contribution in [0.15, 0.2) is 35.1 Å². The SMILES string of the molecule is COc1cc(/C=C2\CCn3c2nc2cc(Cl)ccc2c3=O)cc(Cl)c1O. The zero-order chi connectivity index (χ0) is 18.4. The van der Waals surface area contributed by atoms with Crippen LogP contribution in [0.3, 0.4) is 0 Å². The fourth-order valence-electron chi connectivity index (χ4n) is 3.16. The number of aromatic hydroxyl groups is 1. The van der Waals surface area contributed by atoms with Crippen molar-refractivity contribution in [1.82, 2.24) is 9.55 Å². The normalized spacial score (nSPS) is 14.8. The summed E-state index contributed by atoms with van der Waals surface area (Å²) in [5.41, 5.74) is 2.16. The van der Waals surface area contributed by atoms with Crippen LogP contribution in [0.1, 0.15) is 17.8 Å². The average Bonchev–Trinajstić information content (AvgIpc) is 3.00. The molecule has 1 aliphatic heterocycles. The Bertz CT molecular complexity index is 1140. The van der Waals surface area contributed by atoms with Crippen molar-refractivity contribution in [3.05, 3.63) is 62.1 Å². The zero-order valence-electron chi connectivity index (χ0n) is 13.8. The number of ether oxygens (including phenoxy) is 1. The molecular formula is C19H14Cl2N2O3. The van der Waals surface area contributed by atoms with Gasteiger partial charge in [0.05, 0.1) is 23.0 Å². The number of hydrogen-bond donors (Lipinski definition) is 1. The number of halogens is 2. The van der Waals surface area contributed by atoms with E-state index in [9.17, 15) is 9.90 Å². The molecule has 0 saturated carbocycles. The molecule has 0 bridgehead atoms. The lowest BCUT2D eigenvalue weighted by atomic mass is 10.1. The highest BCUT2D eigenvalue weighted by Gasteiger charge is 2.21. The first-order valence-electron chi connectivity index (χ1n) is 7.95. The van der Waals surface area contributed by atoms with Gasteiger partial charge >= 0.3 is 0 Å². The van der Waals surface area contributed by atoms with Crippen LogP contribution in [0.4, 0.5) is 0 Å². The molecule has 132 valence electrons. The summed E-state index contributed by atoms with van der Waals surface area (Å²) in [7, 11) is 1.46. The van der Waals surface area contributed by atoms with E-state index in [0.717, 1.165) is 11.1 Å². The molecule has 7 heteroatoms. The summed E-state index contributed by atoms with van der Waals surface area (Å²) in [4.78, 5) is 17.3. The molecule has 0 aliphatic carbocycles. The lowest BCUT2D eigenvalue weighted by molar-refractivity contribution is 0.373. The molecule has 1 N–H and O–H groups in total. The molecule has 5 nitrogen and oxygen atoms in total. The molecule has 2 heterocycles. The van der Waals surface area contributed by atoms with Gasteiger partial charge in [-0.1, -0.05) is 23.2 Å². The predicted molar refractivity (Wildman–Crippen MR) is 103 cm³/mol. The molecule has 1 aliphatic rings. The Morgan fingerprint density at radius 3 is 2.85 bits per heavy atom. The van der Waals surface area contributed by atoms with E-state index in [-0.39, 0.29) is 22.1 Å². The number of benzene rings is 2. The highest BCUT2D eigenvalue weighted by Crippen LogP contribution is 2.37. The monoisotopic (exact) mass is 388 g/mol. The van der Waals surface area contributed by atoms with Crippen molar-refractivity contribution in [1.29, 1.82) is 0 Å². The van der Waals surface area contributed by atoms with Gasteiger partial charge in [0.2, 0.25) is 0 Å². The maximum absolute atomic E-state index is 12.7. The van der Waals surface area contributed by atoms with Gasteiger partial charge in [0.25, 0.3) is 5.56 Å². The van der Waals surface area contributed by atoms with Crippen LogP contribution < -0.4 is 10.3 Å². The second-order valence-electron chi connectivity index (χ2n) is 6.03. The molecule has 26 heavy (non-hydrogen) atoms. The third-order valence-electron chi connectivity index (χ3n) is 4.42. The Hall–Kier alpha value is -2.50. The van der Waals surface area contributed by atoms with Crippen molar-refractivity contribution in [2.45, 2.75) is 13.0 Å². The van der Waals surface area contributed by atoms with E-state index in [1.807, 2.05) is 6.08 Å². The van der Waals surface area contributed by atoms with Crippen LogP contribution in [-0.2, 0) is 6.54 Å². The van der Waals surface area contributed by atoms with Crippen LogP contribution in [0.5, 0.6) is 11.5 Å². The molecule has 0 amide bonds. The summed E-state index contributed by atoms with van der Waals surface area (Å²) in [6, 6.07) is 8.41. The molecule has 3 aromatic rings. The number of aromatic nitrogens is 2. The van der Waals surface area contributed by atoms with Gasteiger partial charge in [-0.3, -0.25) is 9.36 Å². The molecular weight excluding hydrogens is 375 g/mol. The minimum Gasteiger partial charge on any atom is -0.503 e. The summed E-state index contributed by atoms with van der Waals surface area (Å²) < 4.78 is 6.81. The molecule has 0 unspecified atom stereocenters. The van der Waals surface area contributed by atoms with E-state index in [2.05, 4.69) is 4.98 Å². The van der Waals surface area contributed by atoms with E-state index >= 15 is 0 Å². The minimum atomic E-state index is -0.0990. The standard InChI is InChI=1S/C19H14Cl2N2O3/c1-26-16-8-10(7-14(21)17(16)24)6-11-4-5-23-18(11)22-15-9-12(20)2-3-13(15)19(23)25/h2-3,6-9,24H,4-5H2,1H3/b11-6+. The third kappa shape index (κ3) is 2.73. The number of hydrogen-bond acceptors (Lipinski definition) is 4. The lowest BCUT2D eigenvalue weighted by Gasteiger charge is -2.08. The topological polar surface area (TPSA) is 64.4 Å². The van der Waals surface area contributed by atoms with Gasteiger partial charge in [-0.15, -0.1) is 0 Å². The highest BCUT2D eigenvalue weighted by molar-refractivity contribution is 6.32. The number of phenolic OH excluding ortho intramolecular Hbond substituents is 1. The molecule has 0 spiro atoms. The van der Waals surface area contributed by atoms with Crippen molar-refractivity contribution in [3.63, 3.8) is 0 Å². The van der Waals surface area contributed by atoms with E-state index in [1.165, 1.54) is 7.11 Å². The van der Waals surface area contributed by atoms with Crippen molar-refractivity contribution in [2.75, 3.05) is 7.11 Å². The third-order valence-corrected chi connectivity index (χ3v) is 4.94. The predicted octanol–water partition coefficient (Wildman–Crippen LogP) is 4.36. The van der Waals surface area contributed by atoms with E-state index in [0.29, 0.717) is 34.7 Å². The zero-order valence-corrected chi connectivity index (χ0v) is 15.3. The second kappa shape index (κ2) is 6.34. The first kappa shape index (κ1) is 16.9. The number of fused-ring (bicyclic) bond motifs is 2. The summed E-state index contributed by atoms with van der Waals surface area (Å²) in [5.74, 6) is 0.809. The summed E-state index contributed by atoms with van der Waals surface area (Å²) in [6.45, 7) is 0.564. The van der Waals surface area contributed by atoms with Crippen molar-refractivity contribution in [2.24, 2.45) is 0 Å². The molecule has 0 radical (unpaired) electrons. The smallest absolute Gasteiger partial charge is 0.261 e. The number of rotatable bonds is 2. The maximum atomic E-state index is 12.7. The maximum Gasteiger partial charge on any atom is 0.261 e. The Kier molecular flexibility index (Phi) is 4.13. The van der Waals surface area contributed by atoms with E-state index in [1.54, 1.807) is 34.9 Å². The van der Waals surface area contributed by atoms with Crippen molar-refractivity contribution >= 4 is 45.8 Å². The van der Waals surface area contributed by atoms with Gasteiger partial charge in [0, 0.05) is 11.6 Å². The highest BCUT2D eigenvalue weighted by atomic mass is 35.5. The molecule has 0 fully saturated rings. The van der Waals surface area contributed by atoms with E-state index in [4.69, 9.17) is 27.9 Å². The van der Waals surface area contributed by atoms with Gasteiger partial charge in [0.1, 0.15) is 5.82 Å². The number of allylic oxidation sites excluding steroid dienone is 1. The molecule has 0 atom stereocenters. The lowest BCUT2D eigenvalue weighted by Crippen LogP contribution is -2.20. The van der Waals surface area contributed by atoms with E-state index < -0.39 is 0 Å². The first-order valence-corrected chi connectivity index (χ1v) is 8.71. The Morgan fingerprint density at radius 2 is 2.08 bits per heavy atom. The van der Waals surface area contributed by atoms with Gasteiger partial charge < -0.3 is 9.84 Å². The van der Waals surface area contributed by atoms with Crippen LogP contribution in [0.25, 0.3) is 22.6 Å². The molecule has 4 rings (SSSR count). The largest absolute Gasteiger partial charge is 0.503 e. The molecule has 2 aromatic carbocycles. The summed E-state index contributed by atoms with van der Waals surface area (Å²) in [5, 5.41) is 11.2. The van der Waals surface area contributed by atoms with Gasteiger partial charge in [-0.2, -0.15) is 0 Å². The fraction of sp³-hybridized carbons (Fsp3) is 0.158. The van der Waals surface area contributed by atoms with Gasteiger partial charge in [-0.25, -0.2) is 4.98 Å². The second-order valence-corrected chi connectivity index (χ2v) is 6.87. The Morgan fingerprint density at radius 1 is 1.27 bits per heavy atom. The van der Waals surface area contributed by atoms with Crippen molar-refractivity contribution in [3.8, 4) is 11.5 Å². The first-order chi connectivity index (χ1) is 12.5. The van der Waals surface area contributed by atoms with Crippen LogP contribution >= 0.6 is 23.2 Å². The van der Waals surface area contributed by atoms with Crippen LogP contribution in [0, 0.1) is 0 Å². The number of nitrogens with zero attached hydrogens (tertiary/aromatic N) is 2. The minimum absolute atomic E-state index is 0.0774. The molecule has 0 saturated heterocycles. The van der Waals surface area contributed by atoms with Gasteiger partial charge in [-0.05, 0) is 54.0 Å². The average molecular weight is 389 g/mol. The van der Waals surface area contributed by atoms with Crippen LogP contribution in [-0.4, -0.2) is 21.8 Å². The number of methoxy groups -OCH3 is 1.